The maximum atomic E-state index is 12.4. The topological polar surface area (TPSA) is 75.6 Å². The number of hydrogen-bond donors (Lipinski definition) is 2. The average Bonchev–Trinajstić information content (AvgIpc) is 2.84. The zero-order valence-corrected chi connectivity index (χ0v) is 23.3. The molecule has 35 heavy (non-hydrogen) atoms. The summed E-state index contributed by atoms with van der Waals surface area (Å²) in [7, 11) is 0. The van der Waals surface area contributed by atoms with Crippen molar-refractivity contribution < 1.29 is 19.4 Å². The van der Waals surface area contributed by atoms with E-state index in [2.05, 4.69) is 38.2 Å². The lowest BCUT2D eigenvalue weighted by molar-refractivity contribution is -0.151. The van der Waals surface area contributed by atoms with Crippen LogP contribution in [0.4, 0.5) is 0 Å². The number of unbranched alkanes of at least 4 members (excludes halogenated alkanes) is 13. The van der Waals surface area contributed by atoms with E-state index < -0.39 is 18.0 Å². The second-order valence-electron chi connectivity index (χ2n) is 10.1. The molecule has 2 N–H and O–H groups in total. The third kappa shape index (κ3) is 22.8. The van der Waals surface area contributed by atoms with Gasteiger partial charge in [-0.3, -0.25) is 9.59 Å². The molecule has 5 nitrogen and oxygen atoms in total. The molecular weight excluding hydrogens is 438 g/mol. The molecule has 206 valence electrons. The van der Waals surface area contributed by atoms with Gasteiger partial charge in [0, 0.05) is 0 Å². The molecule has 1 unspecified atom stereocenters. The van der Waals surface area contributed by atoms with Crippen LogP contribution in [0.15, 0.2) is 12.2 Å². The lowest BCUT2D eigenvalue weighted by atomic mass is 10.0. The number of carbonyl (C=O) groups is 2. The summed E-state index contributed by atoms with van der Waals surface area (Å²) in [6.45, 7) is 7.57. The lowest BCUT2D eigenvalue weighted by Crippen LogP contribution is -2.40. The van der Waals surface area contributed by atoms with Crippen LogP contribution in [0.2, 0.25) is 0 Å². The number of esters is 1. The van der Waals surface area contributed by atoms with Gasteiger partial charge >= 0.3 is 11.9 Å². The summed E-state index contributed by atoms with van der Waals surface area (Å²) in [5.41, 5.74) is 0. The van der Waals surface area contributed by atoms with Crippen LogP contribution in [-0.2, 0) is 14.3 Å². The third-order valence-corrected chi connectivity index (χ3v) is 6.75. The average molecular weight is 496 g/mol. The van der Waals surface area contributed by atoms with Crippen molar-refractivity contribution in [3.63, 3.8) is 0 Å². The summed E-state index contributed by atoms with van der Waals surface area (Å²) in [5.74, 6) is -1.04. The van der Waals surface area contributed by atoms with Gasteiger partial charge in [-0.15, -0.1) is 0 Å². The molecule has 0 bridgehead atoms. The minimum atomic E-state index is -0.974. The van der Waals surface area contributed by atoms with E-state index >= 15 is 0 Å². The van der Waals surface area contributed by atoms with Gasteiger partial charge in [-0.25, -0.2) is 0 Å². The van der Waals surface area contributed by atoms with Crippen LogP contribution in [0.5, 0.6) is 0 Å². The fourth-order valence-corrected chi connectivity index (χ4v) is 4.26. The van der Waals surface area contributed by atoms with Crippen molar-refractivity contribution in [3.8, 4) is 0 Å². The normalized spacial score (nSPS) is 13.2. The number of carbonyl (C=O) groups excluding carboxylic acids is 1. The van der Waals surface area contributed by atoms with Crippen LogP contribution >= 0.6 is 0 Å². The molecule has 0 spiro atoms. The molecule has 0 aliphatic rings. The van der Waals surface area contributed by atoms with E-state index in [1.165, 1.54) is 77.0 Å². The van der Waals surface area contributed by atoms with Crippen molar-refractivity contribution in [3.05, 3.63) is 12.2 Å². The van der Waals surface area contributed by atoms with E-state index in [9.17, 15) is 9.59 Å². The van der Waals surface area contributed by atoms with Gasteiger partial charge in [-0.1, -0.05) is 110 Å². The number of hydrogen-bond acceptors (Lipinski definition) is 4. The number of carboxylic acids is 1. The summed E-state index contributed by atoms with van der Waals surface area (Å²) >= 11 is 0. The molecule has 2 atom stereocenters. The van der Waals surface area contributed by atoms with Crippen LogP contribution in [0, 0.1) is 5.92 Å². The standard InChI is InChI=1S/C30H57NO4/c1-4-7-9-10-11-12-13-14-15-16-17-18-19-20-21-22-24-31-28(25-29(32)33)30(34)35-26-27(6-3)23-8-5-2/h14-15,27-28,31H,4-13,16-26H2,1-3H3,(H,32,33)/b15-14-/t27?,28-/m0/s1. The highest BCUT2D eigenvalue weighted by Gasteiger charge is 2.23. The van der Waals surface area contributed by atoms with E-state index in [-0.39, 0.29) is 6.42 Å². The smallest absolute Gasteiger partial charge is 0.323 e. The summed E-state index contributed by atoms with van der Waals surface area (Å²) < 4.78 is 5.47. The van der Waals surface area contributed by atoms with Crippen molar-refractivity contribution in [2.75, 3.05) is 13.2 Å². The molecular formula is C30H57NO4. The predicted octanol–water partition coefficient (Wildman–Crippen LogP) is 8.22. The molecule has 5 heteroatoms. The number of allylic oxidation sites excluding steroid dienone is 2. The minimum Gasteiger partial charge on any atom is -0.481 e. The van der Waals surface area contributed by atoms with Gasteiger partial charge in [0.1, 0.15) is 6.04 Å². The Morgan fingerprint density at radius 2 is 1.31 bits per heavy atom. The number of ether oxygens (including phenoxy) is 1. The number of nitrogens with one attached hydrogen (secondary N) is 1. The Kier molecular flexibility index (Phi) is 24.7. The van der Waals surface area contributed by atoms with E-state index in [0.29, 0.717) is 19.1 Å². The Balaban J connectivity index is 3.80. The summed E-state index contributed by atoms with van der Waals surface area (Å²) in [4.78, 5) is 23.6. The maximum Gasteiger partial charge on any atom is 0.323 e. The van der Waals surface area contributed by atoms with Crippen molar-refractivity contribution in [2.45, 2.75) is 149 Å². The van der Waals surface area contributed by atoms with E-state index in [1.807, 2.05) is 0 Å². The Hall–Kier alpha value is -1.36. The fourth-order valence-electron chi connectivity index (χ4n) is 4.26. The second kappa shape index (κ2) is 25.7. The predicted molar refractivity (Wildman–Crippen MR) is 148 cm³/mol. The first kappa shape index (κ1) is 33.6. The monoisotopic (exact) mass is 495 g/mol. The zero-order valence-electron chi connectivity index (χ0n) is 23.3. The quantitative estimate of drug-likeness (QED) is 0.0718. The number of aliphatic carboxylic acids is 1. The van der Waals surface area contributed by atoms with Crippen LogP contribution in [0.3, 0.4) is 0 Å². The van der Waals surface area contributed by atoms with Gasteiger partial charge in [0.15, 0.2) is 0 Å². The molecule has 0 amide bonds. The van der Waals surface area contributed by atoms with Gasteiger partial charge in [-0.05, 0) is 51.0 Å². The van der Waals surface area contributed by atoms with E-state index in [4.69, 9.17) is 9.84 Å². The minimum absolute atomic E-state index is 0.225. The second-order valence-corrected chi connectivity index (χ2v) is 10.1. The number of carboxylic acid groups (broad SMARTS) is 1. The first-order valence-corrected chi connectivity index (χ1v) is 14.8. The van der Waals surface area contributed by atoms with Crippen LogP contribution in [-0.4, -0.2) is 36.2 Å². The van der Waals surface area contributed by atoms with Crippen LogP contribution in [0.25, 0.3) is 0 Å². The summed E-state index contributed by atoms with van der Waals surface area (Å²) in [6, 6.07) is -0.751. The molecule has 0 fully saturated rings. The van der Waals surface area contributed by atoms with Crippen molar-refractivity contribution >= 4 is 11.9 Å². The van der Waals surface area contributed by atoms with Crippen molar-refractivity contribution in [1.82, 2.24) is 5.32 Å². The Labute approximate surface area is 216 Å². The molecule has 0 heterocycles. The van der Waals surface area contributed by atoms with Gasteiger partial charge in [0.25, 0.3) is 0 Å². The highest BCUT2D eigenvalue weighted by atomic mass is 16.5. The summed E-state index contributed by atoms with van der Waals surface area (Å²) in [5, 5.41) is 12.3. The molecule has 0 radical (unpaired) electrons. The molecule has 0 rings (SSSR count). The van der Waals surface area contributed by atoms with Crippen LogP contribution in [0.1, 0.15) is 143 Å². The van der Waals surface area contributed by atoms with Gasteiger partial charge in [0.2, 0.25) is 0 Å². The van der Waals surface area contributed by atoms with Crippen molar-refractivity contribution in [1.29, 1.82) is 0 Å². The SMILES string of the molecule is CCCCCCCC/C=C\CCCCCCCCN[C@@H](CC(=O)O)C(=O)OCC(CC)CCCC. The molecule has 0 aliphatic heterocycles. The van der Waals surface area contributed by atoms with Gasteiger partial charge < -0.3 is 15.2 Å². The Morgan fingerprint density at radius 3 is 1.86 bits per heavy atom. The van der Waals surface area contributed by atoms with Crippen LogP contribution < -0.4 is 5.32 Å². The molecule has 0 saturated heterocycles. The fraction of sp³-hybridized carbons (Fsp3) is 0.867. The Bertz CT molecular complexity index is 520. The molecule has 0 aromatic rings. The first-order chi connectivity index (χ1) is 17.0. The maximum absolute atomic E-state index is 12.4. The van der Waals surface area contributed by atoms with Gasteiger partial charge in [0.05, 0.1) is 13.0 Å². The molecule has 0 aliphatic carbocycles. The Morgan fingerprint density at radius 1 is 0.771 bits per heavy atom. The molecule has 0 aromatic heterocycles. The third-order valence-electron chi connectivity index (χ3n) is 6.75. The largest absolute Gasteiger partial charge is 0.481 e. The lowest BCUT2D eigenvalue weighted by Gasteiger charge is -2.19. The highest BCUT2D eigenvalue weighted by molar-refractivity contribution is 5.81. The molecule has 0 saturated carbocycles. The summed E-state index contributed by atoms with van der Waals surface area (Å²) in [6.07, 6.45) is 26.4. The number of rotatable bonds is 26. The van der Waals surface area contributed by atoms with Crippen molar-refractivity contribution in [2.24, 2.45) is 5.92 Å². The highest BCUT2D eigenvalue weighted by Crippen LogP contribution is 2.14. The van der Waals surface area contributed by atoms with E-state index in [1.54, 1.807) is 0 Å². The zero-order chi connectivity index (χ0) is 26.0. The molecule has 0 aromatic carbocycles. The van der Waals surface area contributed by atoms with E-state index in [0.717, 1.165) is 38.5 Å². The van der Waals surface area contributed by atoms with Gasteiger partial charge in [-0.2, -0.15) is 0 Å². The first-order valence-electron chi connectivity index (χ1n) is 14.8.